The molecule has 1 nitrogen and oxygen atoms in total. The zero-order valence-corrected chi connectivity index (χ0v) is 22.1. The van der Waals surface area contributed by atoms with Gasteiger partial charge >= 0.3 is 0 Å². The molecule has 0 aromatic carbocycles. The minimum absolute atomic E-state index is 0.198. The van der Waals surface area contributed by atoms with Gasteiger partial charge in [0.05, 0.1) is 5.60 Å². The van der Waals surface area contributed by atoms with Gasteiger partial charge in [0, 0.05) is 4.83 Å². The van der Waals surface area contributed by atoms with Crippen molar-refractivity contribution < 1.29 is 5.11 Å². The van der Waals surface area contributed by atoms with E-state index in [0.717, 1.165) is 41.9 Å². The van der Waals surface area contributed by atoms with Gasteiger partial charge in [-0.15, -0.1) is 0 Å². The second kappa shape index (κ2) is 8.19. The van der Waals surface area contributed by atoms with Gasteiger partial charge in [-0.05, 0) is 124 Å². The van der Waals surface area contributed by atoms with E-state index in [0.29, 0.717) is 10.8 Å². The molecule has 172 valence electrons. The van der Waals surface area contributed by atoms with E-state index < -0.39 is 5.60 Å². The predicted molar refractivity (Wildman–Crippen MR) is 132 cm³/mol. The molecule has 9 atom stereocenters. The lowest BCUT2D eigenvalue weighted by molar-refractivity contribution is -0.0525. The molecule has 0 aromatic rings. The van der Waals surface area contributed by atoms with Gasteiger partial charge in [-0.25, -0.2) is 0 Å². The highest BCUT2D eigenvalue weighted by Gasteiger charge is 2.58. The fourth-order valence-electron chi connectivity index (χ4n) is 8.78. The highest BCUT2D eigenvalue weighted by molar-refractivity contribution is 9.09. The number of fused-ring (bicyclic) bond motifs is 5. The normalized spacial score (nSPS) is 45.7. The zero-order chi connectivity index (χ0) is 21.9. The molecule has 0 amide bonds. The first-order valence-corrected chi connectivity index (χ1v) is 13.9. The standard InChI is InChI=1S/C28H47BrO/c1-18-13-15-27(5)20(17-18)8-9-21-23-11-10-22(28(23,6)16-14-24(21)27)19(2)7-12-25(29)26(3,4)30/h8,18-19,21-25,30H,7,9-17H2,1-6H3/t18-,19+,21?,22?,23?,24?,25?,27-,28+/m0/s1. The van der Waals surface area contributed by atoms with E-state index in [-0.39, 0.29) is 4.83 Å². The molecule has 3 saturated carbocycles. The van der Waals surface area contributed by atoms with Crippen molar-refractivity contribution in [3.05, 3.63) is 11.6 Å². The van der Waals surface area contributed by atoms with Crippen LogP contribution in [0, 0.1) is 46.3 Å². The number of aliphatic hydroxyl groups is 1. The molecule has 0 radical (unpaired) electrons. The number of alkyl halides is 1. The van der Waals surface area contributed by atoms with Crippen molar-refractivity contribution in [2.24, 2.45) is 46.3 Å². The summed E-state index contributed by atoms with van der Waals surface area (Å²) >= 11 is 3.75. The number of hydrogen-bond acceptors (Lipinski definition) is 1. The average Bonchev–Trinajstić information content (AvgIpc) is 3.03. The van der Waals surface area contributed by atoms with Gasteiger partial charge in [0.25, 0.3) is 0 Å². The molecule has 3 fully saturated rings. The van der Waals surface area contributed by atoms with Gasteiger partial charge in [0.2, 0.25) is 0 Å². The Morgan fingerprint density at radius 1 is 1.10 bits per heavy atom. The van der Waals surface area contributed by atoms with E-state index in [1.54, 1.807) is 0 Å². The van der Waals surface area contributed by atoms with Crippen molar-refractivity contribution in [3.8, 4) is 0 Å². The first kappa shape index (κ1) is 23.3. The van der Waals surface area contributed by atoms with Gasteiger partial charge in [-0.2, -0.15) is 0 Å². The van der Waals surface area contributed by atoms with Crippen LogP contribution in [0.3, 0.4) is 0 Å². The lowest BCUT2D eigenvalue weighted by Crippen LogP contribution is -2.50. The van der Waals surface area contributed by atoms with Crippen LogP contribution in [0.25, 0.3) is 0 Å². The number of halogens is 1. The fourth-order valence-corrected chi connectivity index (χ4v) is 9.05. The van der Waals surface area contributed by atoms with Crippen LogP contribution in [-0.4, -0.2) is 15.5 Å². The Morgan fingerprint density at radius 3 is 2.53 bits per heavy atom. The van der Waals surface area contributed by atoms with Gasteiger partial charge in [-0.1, -0.05) is 55.3 Å². The zero-order valence-electron chi connectivity index (χ0n) is 20.5. The molecule has 0 aliphatic heterocycles. The Bertz CT molecular complexity index is 662. The van der Waals surface area contributed by atoms with Crippen molar-refractivity contribution in [2.45, 2.75) is 116 Å². The van der Waals surface area contributed by atoms with E-state index in [2.05, 4.69) is 49.7 Å². The summed E-state index contributed by atoms with van der Waals surface area (Å²) in [5.74, 6) is 5.34. The number of rotatable bonds is 5. The number of hydrogen-bond donors (Lipinski definition) is 1. The summed E-state index contributed by atoms with van der Waals surface area (Å²) in [7, 11) is 0. The van der Waals surface area contributed by atoms with Crippen LogP contribution in [0.15, 0.2) is 11.6 Å². The molecule has 0 bridgehead atoms. The van der Waals surface area contributed by atoms with Crippen LogP contribution in [-0.2, 0) is 0 Å². The van der Waals surface area contributed by atoms with Crippen LogP contribution in [0.1, 0.15) is 106 Å². The molecule has 4 rings (SSSR count). The molecule has 4 aliphatic rings. The lowest BCUT2D eigenvalue weighted by atomic mass is 9.46. The van der Waals surface area contributed by atoms with E-state index in [4.69, 9.17) is 0 Å². The van der Waals surface area contributed by atoms with Crippen molar-refractivity contribution in [1.29, 1.82) is 0 Å². The highest BCUT2D eigenvalue weighted by Crippen LogP contribution is 2.67. The molecule has 0 aromatic heterocycles. The van der Waals surface area contributed by atoms with E-state index >= 15 is 0 Å². The molecule has 30 heavy (non-hydrogen) atoms. The summed E-state index contributed by atoms with van der Waals surface area (Å²) in [6.07, 6.45) is 16.5. The minimum atomic E-state index is -0.626. The third-order valence-electron chi connectivity index (χ3n) is 10.8. The predicted octanol–water partition coefficient (Wildman–Crippen LogP) is 8.15. The van der Waals surface area contributed by atoms with Gasteiger partial charge < -0.3 is 5.11 Å². The summed E-state index contributed by atoms with van der Waals surface area (Å²) in [6, 6.07) is 0. The van der Waals surface area contributed by atoms with Gasteiger partial charge in [0.1, 0.15) is 0 Å². The van der Waals surface area contributed by atoms with Crippen LogP contribution >= 0.6 is 15.9 Å². The second-order valence-electron chi connectivity index (χ2n) is 13.0. The Hall–Kier alpha value is 0.180. The molecule has 0 spiro atoms. The van der Waals surface area contributed by atoms with Crippen LogP contribution in [0.2, 0.25) is 0 Å². The first-order valence-electron chi connectivity index (χ1n) is 13.0. The van der Waals surface area contributed by atoms with Crippen LogP contribution in [0.4, 0.5) is 0 Å². The summed E-state index contributed by atoms with van der Waals surface area (Å²) in [6.45, 7) is 14.2. The lowest BCUT2D eigenvalue weighted by Gasteiger charge is -2.58. The summed E-state index contributed by atoms with van der Waals surface area (Å²) in [5, 5.41) is 10.3. The summed E-state index contributed by atoms with van der Waals surface area (Å²) in [4.78, 5) is 0.198. The third kappa shape index (κ3) is 3.89. The third-order valence-corrected chi connectivity index (χ3v) is 12.3. The Kier molecular flexibility index (Phi) is 6.38. The monoisotopic (exact) mass is 478 g/mol. The van der Waals surface area contributed by atoms with Crippen molar-refractivity contribution in [3.63, 3.8) is 0 Å². The van der Waals surface area contributed by atoms with E-state index in [1.807, 2.05) is 19.4 Å². The highest BCUT2D eigenvalue weighted by atomic mass is 79.9. The smallest absolute Gasteiger partial charge is 0.0716 e. The molecule has 5 unspecified atom stereocenters. The first-order chi connectivity index (χ1) is 14.0. The van der Waals surface area contributed by atoms with Crippen molar-refractivity contribution in [2.75, 3.05) is 0 Å². The maximum Gasteiger partial charge on any atom is 0.0716 e. The quantitative estimate of drug-likeness (QED) is 0.312. The van der Waals surface area contributed by atoms with Crippen molar-refractivity contribution >= 4 is 15.9 Å². The topological polar surface area (TPSA) is 20.2 Å². The Balaban J connectivity index is 1.47. The molecular weight excluding hydrogens is 432 g/mol. The minimum Gasteiger partial charge on any atom is -0.389 e. The van der Waals surface area contributed by atoms with Crippen LogP contribution < -0.4 is 0 Å². The van der Waals surface area contributed by atoms with Crippen molar-refractivity contribution in [1.82, 2.24) is 0 Å². The maximum atomic E-state index is 10.3. The maximum absolute atomic E-state index is 10.3. The fraction of sp³-hybridized carbons (Fsp3) is 0.929. The SMILES string of the molecule is C[C@H]1CC[C@@]2(C)C(=CCC3C4CCC([C@H](C)CCC(Br)C(C)(C)O)[C@@]4(C)CCC32)C1. The molecule has 2 heteroatoms. The average molecular weight is 480 g/mol. The summed E-state index contributed by atoms with van der Waals surface area (Å²) in [5.41, 5.74) is 2.26. The molecule has 0 heterocycles. The molecule has 4 aliphatic carbocycles. The van der Waals surface area contributed by atoms with Crippen LogP contribution in [0.5, 0.6) is 0 Å². The van der Waals surface area contributed by atoms with Gasteiger partial charge in [-0.3, -0.25) is 0 Å². The molecule has 0 saturated heterocycles. The van der Waals surface area contributed by atoms with Gasteiger partial charge in [0.15, 0.2) is 0 Å². The summed E-state index contributed by atoms with van der Waals surface area (Å²) < 4.78 is 0. The molecule has 1 N–H and O–H groups in total. The Morgan fingerprint density at radius 2 is 1.83 bits per heavy atom. The second-order valence-corrected chi connectivity index (χ2v) is 14.1. The largest absolute Gasteiger partial charge is 0.389 e. The van der Waals surface area contributed by atoms with E-state index in [1.165, 1.54) is 57.8 Å². The Labute approximate surface area is 195 Å². The molecular formula is C28H47BrO. The van der Waals surface area contributed by atoms with E-state index in [9.17, 15) is 5.11 Å². The number of allylic oxidation sites excluding steroid dienone is 2.